The Labute approximate surface area is 258 Å². The van der Waals surface area contributed by atoms with Gasteiger partial charge in [0, 0.05) is 25.3 Å². The predicted octanol–water partition coefficient (Wildman–Crippen LogP) is 4.87. The molecule has 2 fully saturated rings. The van der Waals surface area contributed by atoms with Gasteiger partial charge in [0.25, 0.3) is 5.56 Å². The van der Waals surface area contributed by atoms with E-state index < -0.39 is 28.7 Å². The summed E-state index contributed by atoms with van der Waals surface area (Å²) in [5, 5.41) is 0.394. The van der Waals surface area contributed by atoms with Crippen LogP contribution in [0.25, 0.3) is 21.0 Å². The van der Waals surface area contributed by atoms with Crippen molar-refractivity contribution in [3.05, 3.63) is 68.7 Å². The zero-order chi connectivity index (χ0) is 30.8. The van der Waals surface area contributed by atoms with Gasteiger partial charge in [-0.05, 0) is 44.2 Å². The van der Waals surface area contributed by atoms with E-state index in [-0.39, 0.29) is 19.2 Å². The van der Waals surface area contributed by atoms with Gasteiger partial charge in [-0.2, -0.15) is 0 Å². The van der Waals surface area contributed by atoms with Crippen LogP contribution in [0.5, 0.6) is 5.75 Å². The van der Waals surface area contributed by atoms with Crippen molar-refractivity contribution in [3.63, 3.8) is 0 Å². The van der Waals surface area contributed by atoms with Gasteiger partial charge in [-0.15, -0.1) is 11.3 Å². The van der Waals surface area contributed by atoms with Crippen LogP contribution in [-0.4, -0.2) is 53.6 Å². The number of fused-ring (bicyclic) bond motifs is 1. The molecular formula is C32H37N3O8S. The molecule has 2 aliphatic rings. The average Bonchev–Trinajstić information content (AvgIpc) is 3.82. The highest BCUT2D eigenvalue weighted by molar-refractivity contribution is 7.22. The van der Waals surface area contributed by atoms with E-state index in [1.165, 1.54) is 29.3 Å². The first-order valence-electron chi connectivity index (χ1n) is 15.0. The molecule has 0 radical (unpaired) electrons. The van der Waals surface area contributed by atoms with Crippen molar-refractivity contribution in [1.29, 1.82) is 0 Å². The molecule has 1 saturated carbocycles. The fourth-order valence-electron chi connectivity index (χ4n) is 6.59. The molecule has 4 heterocycles. The zero-order valence-electron chi connectivity index (χ0n) is 25.2. The minimum absolute atomic E-state index is 0.0585. The second-order valence-electron chi connectivity index (χ2n) is 11.5. The van der Waals surface area contributed by atoms with Gasteiger partial charge in [-0.1, -0.05) is 31.0 Å². The van der Waals surface area contributed by atoms with E-state index in [0.717, 1.165) is 31.2 Å². The Morgan fingerprint density at radius 3 is 2.57 bits per heavy atom. The Bertz CT molecular complexity index is 1740. The number of hydrogen-bond acceptors (Lipinski definition) is 10. The molecule has 1 saturated heterocycles. The summed E-state index contributed by atoms with van der Waals surface area (Å²) >= 11 is 1.29. The lowest BCUT2D eigenvalue weighted by atomic mass is 9.86. The number of esters is 1. The van der Waals surface area contributed by atoms with Crippen LogP contribution in [0, 0.1) is 12.3 Å². The van der Waals surface area contributed by atoms with E-state index in [9.17, 15) is 14.4 Å². The Morgan fingerprint density at radius 1 is 1.14 bits per heavy atom. The van der Waals surface area contributed by atoms with Crippen molar-refractivity contribution in [2.45, 2.75) is 70.7 Å². The quantitative estimate of drug-likeness (QED) is 0.228. The zero-order valence-corrected chi connectivity index (χ0v) is 26.0. The fourth-order valence-corrected chi connectivity index (χ4v) is 7.83. The van der Waals surface area contributed by atoms with Crippen molar-refractivity contribution >= 4 is 27.5 Å². The highest BCUT2D eigenvalue weighted by atomic mass is 32.1. The number of para-hydroxylation sites is 1. The molecule has 1 atom stereocenters. The van der Waals surface area contributed by atoms with E-state index in [4.69, 9.17) is 23.4 Å². The van der Waals surface area contributed by atoms with Gasteiger partial charge in [-0.3, -0.25) is 18.7 Å². The highest BCUT2D eigenvalue weighted by Gasteiger charge is 2.44. The normalized spacial score (nSPS) is 17.6. The topological polar surface area (TPSA) is 124 Å². The maximum atomic E-state index is 14.5. The lowest BCUT2D eigenvalue weighted by Crippen LogP contribution is -2.46. The molecule has 44 heavy (non-hydrogen) atoms. The molecule has 12 heteroatoms. The standard InChI is InChI=1S/C32H37N3O8S/c1-20-25-28(36)35(19-32(30(37)40-3)12-6-7-13-32)31(38)34(29(25)44-26(20)27-33-14-17-42-27)18-24(43-21-10-15-41-16-11-21)22-8-4-5-9-23(22)39-2/h4-5,8-9,14,17,21,24H,6-7,10-13,15-16,18-19H2,1-3H3/t24-/m0/s1. The van der Waals surface area contributed by atoms with Gasteiger partial charge in [0.2, 0.25) is 5.89 Å². The largest absolute Gasteiger partial charge is 0.496 e. The van der Waals surface area contributed by atoms with Gasteiger partial charge >= 0.3 is 11.7 Å². The van der Waals surface area contributed by atoms with Gasteiger partial charge in [-0.25, -0.2) is 9.78 Å². The second kappa shape index (κ2) is 12.7. The molecule has 1 aliphatic carbocycles. The number of aromatic nitrogens is 3. The third-order valence-corrected chi connectivity index (χ3v) is 10.2. The van der Waals surface area contributed by atoms with Crippen molar-refractivity contribution in [3.8, 4) is 16.5 Å². The van der Waals surface area contributed by atoms with Crippen LogP contribution in [0.4, 0.5) is 0 Å². The number of benzene rings is 1. The molecule has 0 unspecified atom stereocenters. The third kappa shape index (κ3) is 5.50. The number of thiophene rings is 1. The van der Waals surface area contributed by atoms with Crippen molar-refractivity contribution in [1.82, 2.24) is 14.1 Å². The highest BCUT2D eigenvalue weighted by Crippen LogP contribution is 2.41. The van der Waals surface area contributed by atoms with Crippen LogP contribution in [-0.2, 0) is 32.1 Å². The molecular weight excluding hydrogens is 586 g/mol. The lowest BCUT2D eigenvalue weighted by Gasteiger charge is -2.30. The number of hydrogen-bond donors (Lipinski definition) is 0. The van der Waals surface area contributed by atoms with Crippen LogP contribution in [0.15, 0.2) is 50.7 Å². The van der Waals surface area contributed by atoms with Crippen LogP contribution in [0.1, 0.15) is 55.8 Å². The van der Waals surface area contributed by atoms with E-state index in [2.05, 4.69) is 4.98 Å². The van der Waals surface area contributed by atoms with Gasteiger partial charge < -0.3 is 23.4 Å². The van der Waals surface area contributed by atoms with E-state index in [0.29, 0.717) is 58.4 Å². The van der Waals surface area contributed by atoms with E-state index in [1.54, 1.807) is 17.9 Å². The summed E-state index contributed by atoms with van der Waals surface area (Å²) in [6.45, 7) is 3.08. The Hall–Kier alpha value is -3.74. The Morgan fingerprint density at radius 2 is 1.89 bits per heavy atom. The molecule has 0 N–H and O–H groups in total. The first-order valence-corrected chi connectivity index (χ1v) is 15.8. The summed E-state index contributed by atoms with van der Waals surface area (Å²) in [6.07, 6.45) is 6.55. The molecule has 6 rings (SSSR count). The maximum absolute atomic E-state index is 14.5. The second-order valence-corrected chi connectivity index (χ2v) is 12.5. The van der Waals surface area contributed by atoms with Gasteiger partial charge in [0.15, 0.2) is 0 Å². The van der Waals surface area contributed by atoms with Crippen molar-refractivity contribution in [2.75, 3.05) is 27.4 Å². The summed E-state index contributed by atoms with van der Waals surface area (Å²) in [4.78, 5) is 47.3. The number of oxazole rings is 1. The molecule has 0 spiro atoms. The number of carbonyl (C=O) groups is 1. The van der Waals surface area contributed by atoms with Gasteiger partial charge in [0.05, 0.1) is 48.7 Å². The van der Waals surface area contributed by atoms with Crippen LogP contribution in [0.2, 0.25) is 0 Å². The number of ether oxygens (including phenoxy) is 4. The first-order chi connectivity index (χ1) is 21.4. The monoisotopic (exact) mass is 623 g/mol. The first kappa shape index (κ1) is 30.3. The number of aryl methyl sites for hydroxylation is 1. The van der Waals surface area contributed by atoms with E-state index >= 15 is 0 Å². The van der Waals surface area contributed by atoms with Crippen molar-refractivity contribution < 1.29 is 28.2 Å². The van der Waals surface area contributed by atoms with Crippen LogP contribution < -0.4 is 16.0 Å². The molecule has 3 aromatic heterocycles. The molecule has 234 valence electrons. The summed E-state index contributed by atoms with van der Waals surface area (Å²) in [5.41, 5.74) is -0.435. The van der Waals surface area contributed by atoms with Gasteiger partial charge in [0.1, 0.15) is 22.9 Å². The lowest BCUT2D eigenvalue weighted by molar-refractivity contribution is -0.153. The van der Waals surface area contributed by atoms with Crippen molar-refractivity contribution in [2.24, 2.45) is 5.41 Å². The minimum Gasteiger partial charge on any atom is -0.496 e. The Balaban J connectivity index is 1.54. The summed E-state index contributed by atoms with van der Waals surface area (Å²) in [6, 6.07) is 7.60. The summed E-state index contributed by atoms with van der Waals surface area (Å²) in [5.74, 6) is 0.612. The summed E-state index contributed by atoms with van der Waals surface area (Å²) < 4.78 is 31.6. The number of carbonyl (C=O) groups excluding carboxylic acids is 1. The maximum Gasteiger partial charge on any atom is 0.332 e. The molecule has 4 aromatic rings. The molecule has 0 bridgehead atoms. The molecule has 11 nitrogen and oxygen atoms in total. The molecule has 1 aromatic carbocycles. The van der Waals surface area contributed by atoms with Crippen LogP contribution in [0.3, 0.4) is 0 Å². The molecule has 1 aliphatic heterocycles. The van der Waals surface area contributed by atoms with E-state index in [1.807, 2.05) is 31.2 Å². The minimum atomic E-state index is -0.945. The number of rotatable bonds is 10. The third-order valence-electron chi connectivity index (χ3n) is 8.92. The molecule has 0 amide bonds. The fraction of sp³-hybridized carbons (Fsp3) is 0.500. The average molecular weight is 624 g/mol. The number of methoxy groups -OCH3 is 2. The SMILES string of the molecule is COC(=O)C1(Cn2c(=O)c3c(C)c(-c4ncco4)sc3n(C[C@H](OC3CCOCC3)c3ccccc3OC)c2=O)CCCC1. The summed E-state index contributed by atoms with van der Waals surface area (Å²) in [7, 11) is 2.96. The predicted molar refractivity (Wildman–Crippen MR) is 164 cm³/mol. The number of nitrogens with zero attached hydrogens (tertiary/aromatic N) is 3. The van der Waals surface area contributed by atoms with Crippen LogP contribution >= 0.6 is 11.3 Å². The Kier molecular flexibility index (Phi) is 8.75. The smallest absolute Gasteiger partial charge is 0.332 e.